The van der Waals surface area contributed by atoms with Crippen molar-refractivity contribution < 1.29 is 5.21 Å². The van der Waals surface area contributed by atoms with Crippen LogP contribution in [0.4, 0.5) is 0 Å². The quantitative estimate of drug-likeness (QED) is 0.368. The van der Waals surface area contributed by atoms with Crippen molar-refractivity contribution in [2.45, 2.75) is 19.4 Å². The molecule has 0 aliphatic rings. The van der Waals surface area contributed by atoms with E-state index >= 15 is 0 Å². The monoisotopic (exact) mass is 255 g/mol. The van der Waals surface area contributed by atoms with E-state index in [1.54, 1.807) is 0 Å². The van der Waals surface area contributed by atoms with Gasteiger partial charge in [0.1, 0.15) is 5.84 Å². The smallest absolute Gasteiger partial charge is 0.140 e. The second-order valence-corrected chi connectivity index (χ2v) is 4.49. The van der Waals surface area contributed by atoms with Crippen LogP contribution in [0.5, 0.6) is 0 Å². The topological polar surface area (TPSA) is 61.8 Å². The van der Waals surface area contributed by atoms with Gasteiger partial charge in [0.05, 0.1) is 0 Å². The molecule has 1 aromatic carbocycles. The van der Waals surface area contributed by atoms with Gasteiger partial charge in [-0.15, -0.1) is 0 Å². The summed E-state index contributed by atoms with van der Waals surface area (Å²) in [7, 11) is 2.00. The van der Waals surface area contributed by atoms with Crippen molar-refractivity contribution in [2.75, 3.05) is 13.6 Å². The van der Waals surface area contributed by atoms with Crippen molar-refractivity contribution in [2.24, 2.45) is 10.9 Å². The molecule has 1 atom stereocenters. The molecule has 0 aliphatic carbocycles. The summed E-state index contributed by atoms with van der Waals surface area (Å²) in [5.41, 5.74) is 6.59. The number of hydrogen-bond acceptors (Lipinski definition) is 3. The maximum Gasteiger partial charge on any atom is 0.140 e. The van der Waals surface area contributed by atoms with Gasteiger partial charge in [0.2, 0.25) is 0 Å². The van der Waals surface area contributed by atoms with Crippen LogP contribution in [0.25, 0.3) is 0 Å². The molecule has 1 rings (SSSR count). The molecule has 0 aromatic heterocycles. The normalized spacial score (nSPS) is 14.0. The van der Waals surface area contributed by atoms with Gasteiger partial charge in [-0.25, -0.2) is 0 Å². The van der Waals surface area contributed by atoms with Crippen LogP contribution in [-0.2, 0) is 0 Å². The molecule has 17 heavy (non-hydrogen) atoms. The van der Waals surface area contributed by atoms with E-state index in [1.165, 1.54) is 0 Å². The van der Waals surface area contributed by atoms with Gasteiger partial charge in [-0.2, -0.15) is 0 Å². The Morgan fingerprint density at radius 3 is 2.88 bits per heavy atom. The van der Waals surface area contributed by atoms with E-state index in [-0.39, 0.29) is 11.9 Å². The summed E-state index contributed by atoms with van der Waals surface area (Å²) in [4.78, 5) is 2.13. The Hall–Kier alpha value is -1.26. The summed E-state index contributed by atoms with van der Waals surface area (Å²) in [6.45, 7) is 2.82. The summed E-state index contributed by atoms with van der Waals surface area (Å²) in [6.07, 6.45) is 0.540. The molecule has 3 N–H and O–H groups in total. The Labute approximate surface area is 107 Å². The van der Waals surface area contributed by atoms with Crippen molar-refractivity contribution in [1.82, 2.24) is 4.90 Å². The lowest BCUT2D eigenvalue weighted by Gasteiger charge is -2.24. The third-order valence-corrected chi connectivity index (χ3v) is 3.08. The Morgan fingerprint density at radius 2 is 2.29 bits per heavy atom. The van der Waals surface area contributed by atoms with Crippen molar-refractivity contribution in [3.8, 4) is 0 Å². The predicted molar refractivity (Wildman–Crippen MR) is 70.5 cm³/mol. The third-order valence-electron chi connectivity index (χ3n) is 2.84. The predicted octanol–water partition coefficient (Wildman–Crippen LogP) is 2.47. The van der Waals surface area contributed by atoms with E-state index in [1.807, 2.05) is 31.3 Å². The van der Waals surface area contributed by atoms with Gasteiger partial charge in [-0.3, -0.25) is 4.90 Å². The van der Waals surface area contributed by atoms with Crippen LogP contribution in [0.15, 0.2) is 29.4 Å². The number of benzene rings is 1. The first kappa shape index (κ1) is 13.8. The second-order valence-electron chi connectivity index (χ2n) is 4.05. The van der Waals surface area contributed by atoms with Crippen LogP contribution >= 0.6 is 11.6 Å². The highest BCUT2D eigenvalue weighted by Gasteiger charge is 2.12. The fourth-order valence-corrected chi connectivity index (χ4v) is 1.75. The first-order chi connectivity index (χ1) is 8.04. The molecule has 0 heterocycles. The zero-order valence-corrected chi connectivity index (χ0v) is 10.9. The minimum atomic E-state index is 0.236. The van der Waals surface area contributed by atoms with Crippen LogP contribution in [0, 0.1) is 0 Å². The summed E-state index contributed by atoms with van der Waals surface area (Å²) in [5, 5.41) is 12.2. The number of hydrogen-bond donors (Lipinski definition) is 2. The minimum absolute atomic E-state index is 0.236. The Morgan fingerprint density at radius 1 is 1.59 bits per heavy atom. The molecule has 5 heteroatoms. The van der Waals surface area contributed by atoms with Gasteiger partial charge in [-0.1, -0.05) is 28.9 Å². The number of nitrogens with zero attached hydrogens (tertiary/aromatic N) is 2. The average molecular weight is 256 g/mol. The molecule has 0 saturated carbocycles. The van der Waals surface area contributed by atoms with Gasteiger partial charge in [0.15, 0.2) is 0 Å². The molecule has 0 aliphatic heterocycles. The number of amidine groups is 1. The highest BCUT2D eigenvalue weighted by Crippen LogP contribution is 2.21. The first-order valence-electron chi connectivity index (χ1n) is 5.46. The van der Waals surface area contributed by atoms with E-state index in [9.17, 15) is 0 Å². The molecule has 0 amide bonds. The molecule has 1 aromatic rings. The lowest BCUT2D eigenvalue weighted by Crippen LogP contribution is -2.27. The van der Waals surface area contributed by atoms with Crippen LogP contribution in [-0.4, -0.2) is 29.5 Å². The van der Waals surface area contributed by atoms with E-state index in [0.717, 1.165) is 17.1 Å². The summed E-state index contributed by atoms with van der Waals surface area (Å²) >= 11 is 5.95. The molecular weight excluding hydrogens is 238 g/mol. The molecule has 0 bridgehead atoms. The standard InChI is InChI=1S/C12H18ClN3O/c1-9(10-4-3-5-11(13)8-10)16(2)7-6-12(14)15-17/h3-5,8-9,17H,6-7H2,1-2H3,(H2,14,15). The average Bonchev–Trinajstić information content (AvgIpc) is 2.34. The maximum absolute atomic E-state index is 8.47. The van der Waals surface area contributed by atoms with Crippen LogP contribution in [0.2, 0.25) is 5.02 Å². The largest absolute Gasteiger partial charge is 0.409 e. The van der Waals surface area contributed by atoms with Gasteiger partial charge >= 0.3 is 0 Å². The lowest BCUT2D eigenvalue weighted by molar-refractivity contribution is 0.266. The fourth-order valence-electron chi connectivity index (χ4n) is 1.56. The molecule has 0 fully saturated rings. The molecule has 0 spiro atoms. The Kier molecular flexibility index (Phi) is 5.25. The summed E-state index contributed by atoms with van der Waals surface area (Å²) in [6, 6.07) is 8.02. The van der Waals surface area contributed by atoms with E-state index < -0.39 is 0 Å². The molecular formula is C12H18ClN3O. The molecule has 4 nitrogen and oxygen atoms in total. The van der Waals surface area contributed by atoms with Crippen LogP contribution in [0.3, 0.4) is 0 Å². The zero-order chi connectivity index (χ0) is 12.8. The molecule has 1 unspecified atom stereocenters. The van der Waals surface area contributed by atoms with E-state index in [4.69, 9.17) is 22.5 Å². The van der Waals surface area contributed by atoms with Crippen molar-refractivity contribution in [1.29, 1.82) is 0 Å². The van der Waals surface area contributed by atoms with Crippen LogP contribution < -0.4 is 5.73 Å². The second kappa shape index (κ2) is 6.47. The van der Waals surface area contributed by atoms with Gasteiger partial charge in [-0.05, 0) is 31.7 Å². The Bertz CT molecular complexity index is 395. The maximum atomic E-state index is 8.47. The lowest BCUT2D eigenvalue weighted by atomic mass is 10.1. The van der Waals surface area contributed by atoms with E-state index in [2.05, 4.69) is 17.0 Å². The van der Waals surface area contributed by atoms with Crippen molar-refractivity contribution >= 4 is 17.4 Å². The highest BCUT2D eigenvalue weighted by atomic mass is 35.5. The van der Waals surface area contributed by atoms with Crippen LogP contribution in [0.1, 0.15) is 24.9 Å². The van der Waals surface area contributed by atoms with Gasteiger partial charge < -0.3 is 10.9 Å². The van der Waals surface area contributed by atoms with Gasteiger partial charge in [0.25, 0.3) is 0 Å². The fraction of sp³-hybridized carbons (Fsp3) is 0.417. The zero-order valence-electron chi connectivity index (χ0n) is 10.1. The van der Waals surface area contributed by atoms with Crippen molar-refractivity contribution in [3.63, 3.8) is 0 Å². The number of rotatable bonds is 5. The number of oxime groups is 1. The summed E-state index contributed by atoms with van der Waals surface area (Å²) in [5.74, 6) is 0.246. The van der Waals surface area contributed by atoms with Crippen molar-refractivity contribution in [3.05, 3.63) is 34.9 Å². The van der Waals surface area contributed by atoms with Gasteiger partial charge in [0, 0.05) is 24.0 Å². The third kappa shape index (κ3) is 4.24. The minimum Gasteiger partial charge on any atom is -0.409 e. The highest BCUT2D eigenvalue weighted by molar-refractivity contribution is 6.30. The summed E-state index contributed by atoms with van der Waals surface area (Å²) < 4.78 is 0. The molecule has 0 radical (unpaired) electrons. The van der Waals surface area contributed by atoms with E-state index in [0.29, 0.717) is 6.42 Å². The molecule has 0 saturated heterocycles. The molecule has 94 valence electrons. The number of nitrogens with two attached hydrogens (primary N) is 1. The Balaban J connectivity index is 2.60. The number of halogens is 1. The SMILES string of the molecule is CC(c1cccc(Cl)c1)N(C)CCC(N)=NO. The first-order valence-corrected chi connectivity index (χ1v) is 5.84.